The summed E-state index contributed by atoms with van der Waals surface area (Å²) in [5.74, 6) is 0. The second kappa shape index (κ2) is 7.11. The molecule has 1 aromatic heterocycles. The van der Waals surface area contributed by atoms with E-state index in [2.05, 4.69) is 46.6 Å². The third-order valence-corrected chi connectivity index (χ3v) is 4.93. The Hall–Kier alpha value is -3.34. The van der Waals surface area contributed by atoms with Crippen LogP contribution in [0.1, 0.15) is 13.8 Å². The number of hydrogen-bond acceptors (Lipinski definition) is 4. The van der Waals surface area contributed by atoms with Crippen LogP contribution >= 0.6 is 0 Å². The fourth-order valence-corrected chi connectivity index (χ4v) is 3.64. The van der Waals surface area contributed by atoms with Gasteiger partial charge in [-0.05, 0) is 32.0 Å². The average molecular weight is 356 g/mol. The molecule has 1 N–H and O–H groups in total. The van der Waals surface area contributed by atoms with E-state index in [0.29, 0.717) is 5.69 Å². The lowest BCUT2D eigenvalue weighted by molar-refractivity contribution is -0.537. The summed E-state index contributed by atoms with van der Waals surface area (Å²) < 4.78 is 2.16. The Balaban J connectivity index is 2.20. The Morgan fingerprint density at radius 1 is 0.889 bits per heavy atom. The fourth-order valence-electron chi connectivity index (χ4n) is 3.64. The van der Waals surface area contributed by atoms with Gasteiger partial charge >= 0.3 is 0 Å². The smallest absolute Gasteiger partial charge is 0.267 e. The van der Waals surface area contributed by atoms with Crippen LogP contribution in [0.3, 0.4) is 0 Å². The molecule has 0 aliphatic heterocycles. The maximum atomic E-state index is 7.93. The van der Waals surface area contributed by atoms with E-state index >= 15 is 0 Å². The van der Waals surface area contributed by atoms with Crippen molar-refractivity contribution in [2.45, 2.75) is 13.8 Å². The van der Waals surface area contributed by atoms with Gasteiger partial charge < -0.3 is 4.90 Å². The van der Waals surface area contributed by atoms with E-state index in [1.54, 1.807) is 0 Å². The lowest BCUT2D eigenvalue weighted by atomic mass is 10.1. The number of anilines is 1. The topological polar surface area (TPSA) is 56.2 Å². The van der Waals surface area contributed by atoms with Crippen molar-refractivity contribution in [2.24, 2.45) is 5.11 Å². The van der Waals surface area contributed by atoms with E-state index < -0.39 is 0 Å². The van der Waals surface area contributed by atoms with Crippen LogP contribution in [0, 0.1) is 5.53 Å². The summed E-state index contributed by atoms with van der Waals surface area (Å²) in [5, 5.41) is 3.96. The van der Waals surface area contributed by atoms with Gasteiger partial charge in [0.25, 0.3) is 5.52 Å². The molecule has 5 nitrogen and oxygen atoms in total. The third kappa shape index (κ3) is 2.81. The molecule has 0 fully saturated rings. The van der Waals surface area contributed by atoms with Crippen LogP contribution in [0.25, 0.3) is 27.8 Å². The van der Waals surface area contributed by atoms with E-state index in [1.807, 2.05) is 48.5 Å². The third-order valence-electron chi connectivity index (χ3n) is 4.93. The van der Waals surface area contributed by atoms with Crippen molar-refractivity contribution < 1.29 is 4.57 Å². The Bertz CT molecular complexity index is 1120. The van der Waals surface area contributed by atoms with Crippen molar-refractivity contribution in [1.29, 1.82) is 5.53 Å². The van der Waals surface area contributed by atoms with E-state index in [9.17, 15) is 0 Å². The highest BCUT2D eigenvalue weighted by molar-refractivity contribution is 5.94. The van der Waals surface area contributed by atoms with Crippen LogP contribution in [0.2, 0.25) is 0 Å². The van der Waals surface area contributed by atoms with Gasteiger partial charge in [0.15, 0.2) is 5.69 Å². The number of para-hydroxylation sites is 3. The number of nitrogens with zero attached hydrogens (tertiary/aromatic N) is 4. The average Bonchev–Trinajstić information content (AvgIpc) is 2.73. The highest BCUT2D eigenvalue weighted by Crippen LogP contribution is 2.35. The number of hydrogen-bond donors (Lipinski definition) is 1. The highest BCUT2D eigenvalue weighted by atomic mass is 15.2. The quantitative estimate of drug-likeness (QED) is 0.304. The Labute approximate surface area is 158 Å². The number of nitrogens with one attached hydrogen (secondary N) is 1. The zero-order valence-electron chi connectivity index (χ0n) is 15.6. The largest absolute Gasteiger partial charge is 0.370 e. The highest BCUT2D eigenvalue weighted by Gasteiger charge is 2.25. The molecule has 0 amide bonds. The zero-order valence-corrected chi connectivity index (χ0v) is 15.6. The molecule has 0 saturated carbocycles. The molecule has 0 radical (unpaired) electrons. The molecule has 3 aromatic carbocycles. The maximum Gasteiger partial charge on any atom is 0.267 e. The van der Waals surface area contributed by atoms with Gasteiger partial charge in [0.2, 0.25) is 11.2 Å². The van der Waals surface area contributed by atoms with E-state index in [4.69, 9.17) is 10.5 Å². The van der Waals surface area contributed by atoms with E-state index in [1.165, 1.54) is 0 Å². The summed E-state index contributed by atoms with van der Waals surface area (Å²) in [7, 11) is 0. The molecule has 5 heteroatoms. The van der Waals surface area contributed by atoms with E-state index in [-0.39, 0.29) is 0 Å². The zero-order chi connectivity index (χ0) is 18.8. The molecule has 1 heterocycles. The van der Waals surface area contributed by atoms with Gasteiger partial charge in [-0.1, -0.05) is 30.3 Å². The molecule has 0 unspecified atom stereocenters. The normalized spacial score (nSPS) is 11.0. The van der Waals surface area contributed by atoms with Crippen LogP contribution in [0.4, 0.5) is 11.4 Å². The van der Waals surface area contributed by atoms with E-state index in [0.717, 1.165) is 46.5 Å². The van der Waals surface area contributed by atoms with Gasteiger partial charge in [0, 0.05) is 31.3 Å². The summed E-state index contributed by atoms with van der Waals surface area (Å²) >= 11 is 0. The van der Waals surface area contributed by atoms with Crippen LogP contribution in [0.5, 0.6) is 0 Å². The summed E-state index contributed by atoms with van der Waals surface area (Å²) in [6.07, 6.45) is 0. The maximum absolute atomic E-state index is 7.93. The van der Waals surface area contributed by atoms with Crippen LogP contribution in [0.15, 0.2) is 71.8 Å². The van der Waals surface area contributed by atoms with Gasteiger partial charge in [-0.3, -0.25) is 0 Å². The molecule has 0 saturated heterocycles. The molecule has 0 atom stereocenters. The van der Waals surface area contributed by atoms with Crippen molar-refractivity contribution in [1.82, 2.24) is 4.98 Å². The van der Waals surface area contributed by atoms with Crippen LogP contribution in [-0.2, 0) is 0 Å². The van der Waals surface area contributed by atoms with Crippen molar-refractivity contribution in [3.05, 3.63) is 66.7 Å². The molecule has 27 heavy (non-hydrogen) atoms. The summed E-state index contributed by atoms with van der Waals surface area (Å²) in [5.41, 5.74) is 14.2. The Morgan fingerprint density at radius 3 is 2.30 bits per heavy atom. The van der Waals surface area contributed by atoms with Gasteiger partial charge in [-0.25, -0.2) is 10.5 Å². The number of fused-ring (bicyclic) bond motifs is 2. The first kappa shape index (κ1) is 17.1. The van der Waals surface area contributed by atoms with Crippen molar-refractivity contribution >= 4 is 33.4 Å². The lowest BCUT2D eigenvalue weighted by Crippen LogP contribution is -2.33. The Kier molecular flexibility index (Phi) is 4.50. The van der Waals surface area contributed by atoms with Crippen molar-refractivity contribution in [3.8, 4) is 5.69 Å². The summed E-state index contributed by atoms with van der Waals surface area (Å²) in [4.78, 5) is 7.06. The predicted molar refractivity (Wildman–Crippen MR) is 109 cm³/mol. The molecular weight excluding hydrogens is 334 g/mol. The first-order valence-corrected chi connectivity index (χ1v) is 9.23. The predicted octanol–water partition coefficient (Wildman–Crippen LogP) is 5.17. The summed E-state index contributed by atoms with van der Waals surface area (Å²) in [6, 6.07) is 22.3. The molecule has 0 spiro atoms. The number of benzene rings is 3. The van der Waals surface area contributed by atoms with Crippen molar-refractivity contribution in [3.63, 3.8) is 0 Å². The fraction of sp³-hybridized carbons (Fsp3) is 0.182. The second-order valence-electron chi connectivity index (χ2n) is 6.36. The minimum atomic E-state index is 0.651. The first-order valence-electron chi connectivity index (χ1n) is 9.23. The molecule has 0 bridgehead atoms. The summed E-state index contributed by atoms with van der Waals surface area (Å²) in [6.45, 7) is 5.95. The molecule has 4 aromatic rings. The van der Waals surface area contributed by atoms with Gasteiger partial charge in [-0.15, -0.1) is 9.68 Å². The minimum Gasteiger partial charge on any atom is -0.370 e. The lowest BCUT2D eigenvalue weighted by Gasteiger charge is -2.22. The number of aromatic nitrogens is 2. The SMILES string of the molecule is CCN(CC)c1ccc2nc3ccccc3[n+](-c3ccccc3)c2c1N=N. The monoisotopic (exact) mass is 356 g/mol. The Morgan fingerprint density at radius 2 is 1.59 bits per heavy atom. The molecule has 0 aliphatic carbocycles. The van der Waals surface area contributed by atoms with Crippen molar-refractivity contribution in [2.75, 3.05) is 18.0 Å². The minimum absolute atomic E-state index is 0.651. The number of rotatable bonds is 5. The molecule has 0 aliphatic rings. The standard InChI is InChI=1S/C22H22N5/c1-3-26(4-2)20-15-14-18-22(21(20)25-23)27(16-10-6-5-7-11-16)19-13-9-8-12-17(19)24-18/h5-15,23H,3-4H2,1-2H3/q+1. The van der Waals surface area contributed by atoms with Crippen LogP contribution in [-0.4, -0.2) is 18.1 Å². The molecular formula is C22H22N5+. The van der Waals surface area contributed by atoms with Gasteiger partial charge in [0.1, 0.15) is 11.0 Å². The first-order chi connectivity index (χ1) is 13.3. The van der Waals surface area contributed by atoms with Gasteiger partial charge in [-0.2, -0.15) is 0 Å². The molecule has 4 rings (SSSR count). The van der Waals surface area contributed by atoms with Gasteiger partial charge in [0.05, 0.1) is 5.69 Å². The van der Waals surface area contributed by atoms with Crippen LogP contribution < -0.4 is 9.47 Å². The second-order valence-corrected chi connectivity index (χ2v) is 6.36. The molecule has 134 valence electrons.